The first-order valence-corrected chi connectivity index (χ1v) is 14.8. The second-order valence-corrected chi connectivity index (χ2v) is 12.5. The van der Waals surface area contributed by atoms with Gasteiger partial charge >= 0.3 is 12.1 Å². The molecule has 0 bridgehead atoms. The molecule has 2 unspecified atom stereocenters. The number of thioether (sulfide) groups is 1. The Kier molecular flexibility index (Phi) is 7.40. The molecule has 12 heteroatoms. The summed E-state index contributed by atoms with van der Waals surface area (Å²) in [5, 5.41) is 6.22. The van der Waals surface area contributed by atoms with Crippen molar-refractivity contribution in [1.82, 2.24) is 25.5 Å². The first-order chi connectivity index (χ1) is 20.2. The molecule has 0 spiro atoms. The van der Waals surface area contributed by atoms with Crippen LogP contribution in [0.3, 0.4) is 0 Å². The largest absolute Gasteiger partial charge is 0.444 e. The molecule has 0 aliphatic carbocycles. The highest BCUT2D eigenvalue weighted by atomic mass is 32.2. The lowest BCUT2D eigenvalue weighted by molar-refractivity contribution is -0.122. The number of likely N-dealkylation sites (tertiary alicyclic amines) is 1. The monoisotopic (exact) mass is 588 g/mol. The average Bonchev–Trinajstić information content (AvgIpc) is 3.33. The van der Waals surface area contributed by atoms with Crippen molar-refractivity contribution in [2.45, 2.75) is 61.6 Å². The zero-order valence-corrected chi connectivity index (χ0v) is 24.4. The predicted molar refractivity (Wildman–Crippen MR) is 157 cm³/mol. The van der Waals surface area contributed by atoms with Crippen LogP contribution in [0.25, 0.3) is 0 Å². The van der Waals surface area contributed by atoms with E-state index in [0.717, 1.165) is 18.4 Å². The van der Waals surface area contributed by atoms with Gasteiger partial charge in [0.1, 0.15) is 21.6 Å². The summed E-state index contributed by atoms with van der Waals surface area (Å²) in [6.45, 7) is 6.45. The van der Waals surface area contributed by atoms with Gasteiger partial charge in [0.05, 0.1) is 23.6 Å². The van der Waals surface area contributed by atoms with Gasteiger partial charge in [-0.05, 0) is 57.9 Å². The molecule has 0 radical (unpaired) electrons. The highest BCUT2D eigenvalue weighted by Gasteiger charge is 2.47. The molecule has 1 aromatic carbocycles. The molecular weight excluding hydrogens is 556 g/mol. The van der Waals surface area contributed by atoms with Gasteiger partial charge in [-0.2, -0.15) is 0 Å². The number of rotatable bonds is 5. The number of carbonyl (C=O) groups excluding carboxylic acids is 3. The minimum Gasteiger partial charge on any atom is -0.444 e. The van der Waals surface area contributed by atoms with Gasteiger partial charge in [0.2, 0.25) is 11.8 Å². The number of ether oxygens (including phenoxy) is 2. The van der Waals surface area contributed by atoms with Crippen LogP contribution >= 0.6 is 11.8 Å². The number of carbonyl (C=O) groups is 3. The summed E-state index contributed by atoms with van der Waals surface area (Å²) in [5.41, 5.74) is 1.42. The molecular formula is C30H32N6O5S. The van der Waals surface area contributed by atoms with E-state index in [0.29, 0.717) is 41.1 Å². The Morgan fingerprint density at radius 2 is 1.90 bits per heavy atom. The van der Waals surface area contributed by atoms with Crippen molar-refractivity contribution in [3.63, 3.8) is 0 Å². The molecule has 5 heterocycles. The number of aromatic nitrogens is 2. The molecule has 3 aliphatic heterocycles. The van der Waals surface area contributed by atoms with E-state index in [1.54, 1.807) is 35.5 Å². The maximum absolute atomic E-state index is 13.6. The second kappa shape index (κ2) is 11.2. The SMILES string of the molecule is CC(C)(C)OC(=O)N1CCC[C@@H](NC(=O)C2Sc3nccc4c3C2NC(=O)N4c2ccc(Oc3ccccc3)nc2)C1. The highest BCUT2D eigenvalue weighted by Crippen LogP contribution is 2.50. The van der Waals surface area contributed by atoms with Gasteiger partial charge in [0, 0.05) is 37.0 Å². The quantitative estimate of drug-likeness (QED) is 0.419. The lowest BCUT2D eigenvalue weighted by Gasteiger charge is -2.36. The number of amides is 4. The third-order valence-corrected chi connectivity index (χ3v) is 8.42. The van der Waals surface area contributed by atoms with E-state index in [1.165, 1.54) is 16.7 Å². The predicted octanol–water partition coefficient (Wildman–Crippen LogP) is 5.16. The van der Waals surface area contributed by atoms with Crippen LogP contribution in [0.1, 0.15) is 45.2 Å². The molecule has 1 fully saturated rings. The van der Waals surface area contributed by atoms with Crippen molar-refractivity contribution >= 4 is 41.2 Å². The van der Waals surface area contributed by atoms with Gasteiger partial charge in [-0.25, -0.2) is 19.6 Å². The van der Waals surface area contributed by atoms with Crippen LogP contribution in [0.15, 0.2) is 66.0 Å². The molecule has 6 rings (SSSR count). The van der Waals surface area contributed by atoms with E-state index in [9.17, 15) is 14.4 Å². The summed E-state index contributed by atoms with van der Waals surface area (Å²) in [6.07, 6.45) is 4.35. The van der Waals surface area contributed by atoms with Gasteiger partial charge in [-0.3, -0.25) is 9.69 Å². The Balaban J connectivity index is 1.16. The molecule has 218 valence electrons. The number of hydrogen-bond donors (Lipinski definition) is 2. The van der Waals surface area contributed by atoms with Crippen LogP contribution < -0.4 is 20.3 Å². The molecule has 3 atom stereocenters. The normalized spacial score (nSPS) is 21.3. The number of nitrogens with zero attached hydrogens (tertiary/aromatic N) is 4. The van der Waals surface area contributed by atoms with Crippen molar-refractivity contribution < 1.29 is 23.9 Å². The van der Waals surface area contributed by atoms with Crippen molar-refractivity contribution in [2.24, 2.45) is 0 Å². The molecule has 2 aromatic heterocycles. The number of hydrogen-bond acceptors (Lipinski definition) is 8. The third kappa shape index (κ3) is 5.71. The Bertz CT molecular complexity index is 1500. The summed E-state index contributed by atoms with van der Waals surface area (Å²) in [7, 11) is 0. The molecule has 2 N–H and O–H groups in total. The number of urea groups is 1. The fourth-order valence-corrected chi connectivity index (χ4v) is 6.56. The van der Waals surface area contributed by atoms with Crippen molar-refractivity contribution in [3.8, 4) is 11.6 Å². The number of piperidine rings is 1. The maximum Gasteiger partial charge on any atom is 0.410 e. The molecule has 11 nitrogen and oxygen atoms in total. The van der Waals surface area contributed by atoms with Crippen molar-refractivity contribution in [1.29, 1.82) is 0 Å². The van der Waals surface area contributed by atoms with Gasteiger partial charge < -0.3 is 25.0 Å². The highest BCUT2D eigenvalue weighted by molar-refractivity contribution is 8.01. The smallest absolute Gasteiger partial charge is 0.410 e. The second-order valence-electron chi connectivity index (χ2n) is 11.4. The lowest BCUT2D eigenvalue weighted by Crippen LogP contribution is -2.54. The van der Waals surface area contributed by atoms with E-state index in [2.05, 4.69) is 20.6 Å². The summed E-state index contributed by atoms with van der Waals surface area (Å²) in [4.78, 5) is 51.7. The Labute approximate surface area is 248 Å². The first-order valence-electron chi connectivity index (χ1n) is 13.9. The van der Waals surface area contributed by atoms with Crippen LogP contribution in [0, 0.1) is 0 Å². The minimum atomic E-state index is -0.601. The van der Waals surface area contributed by atoms with Crippen LogP contribution in [0.5, 0.6) is 11.6 Å². The number of para-hydroxylation sites is 1. The Morgan fingerprint density at radius 3 is 2.64 bits per heavy atom. The van der Waals surface area contributed by atoms with Crippen LogP contribution in [0.2, 0.25) is 0 Å². The fourth-order valence-electron chi connectivity index (χ4n) is 5.33. The molecule has 42 heavy (non-hydrogen) atoms. The molecule has 3 aliphatic rings. The molecule has 4 amide bonds. The molecule has 0 saturated carbocycles. The summed E-state index contributed by atoms with van der Waals surface area (Å²) < 4.78 is 11.3. The first kappa shape index (κ1) is 27.8. The fraction of sp³-hybridized carbons (Fsp3) is 0.367. The van der Waals surface area contributed by atoms with E-state index in [1.807, 2.05) is 51.1 Å². The van der Waals surface area contributed by atoms with Crippen molar-refractivity contribution in [2.75, 3.05) is 18.0 Å². The number of benzene rings is 1. The van der Waals surface area contributed by atoms with Crippen LogP contribution in [-0.2, 0) is 9.53 Å². The zero-order valence-electron chi connectivity index (χ0n) is 23.6. The topological polar surface area (TPSA) is 126 Å². The van der Waals surface area contributed by atoms with E-state index < -0.39 is 16.9 Å². The van der Waals surface area contributed by atoms with Crippen LogP contribution in [0.4, 0.5) is 21.0 Å². The Hall–Kier alpha value is -4.32. The van der Waals surface area contributed by atoms with Gasteiger partial charge in [0.25, 0.3) is 0 Å². The van der Waals surface area contributed by atoms with Crippen molar-refractivity contribution in [3.05, 3.63) is 66.5 Å². The van der Waals surface area contributed by atoms with E-state index in [-0.39, 0.29) is 24.1 Å². The lowest BCUT2D eigenvalue weighted by atomic mass is 9.99. The maximum atomic E-state index is 13.6. The molecule has 1 saturated heterocycles. The van der Waals surface area contributed by atoms with Gasteiger partial charge in [0.15, 0.2) is 0 Å². The average molecular weight is 589 g/mol. The van der Waals surface area contributed by atoms with E-state index in [4.69, 9.17) is 9.47 Å². The van der Waals surface area contributed by atoms with Gasteiger partial charge in [-0.15, -0.1) is 0 Å². The van der Waals surface area contributed by atoms with Gasteiger partial charge in [-0.1, -0.05) is 30.0 Å². The molecule has 3 aromatic rings. The van der Waals surface area contributed by atoms with Crippen LogP contribution in [-0.4, -0.2) is 62.9 Å². The summed E-state index contributed by atoms with van der Waals surface area (Å²) >= 11 is 1.33. The number of anilines is 2. The Morgan fingerprint density at radius 1 is 1.10 bits per heavy atom. The summed E-state index contributed by atoms with van der Waals surface area (Å²) in [5.74, 6) is 0.860. The number of pyridine rings is 2. The zero-order chi connectivity index (χ0) is 29.4. The third-order valence-electron chi connectivity index (χ3n) is 7.13. The number of nitrogens with one attached hydrogen (secondary N) is 2. The summed E-state index contributed by atoms with van der Waals surface area (Å²) in [6, 6.07) is 13.5. The minimum absolute atomic E-state index is 0.206. The van der Waals surface area contributed by atoms with E-state index >= 15 is 0 Å². The standard InChI is InChI=1S/C30H32N6O5S/c1-30(2,3)41-29(39)35-15-7-8-18(17-35)33-26(37)25-24-23-21(13-14-31-27(23)42-25)36(28(38)34-24)19-11-12-22(32-16-19)40-20-9-5-4-6-10-20/h4-6,9-14,16,18,24-25H,7-8,15,17H2,1-3H3,(H,33,37)(H,34,38)/t18-,24?,25?/m1/s1.